The third kappa shape index (κ3) is 4.94. The maximum absolute atomic E-state index is 12.3. The van der Waals surface area contributed by atoms with Gasteiger partial charge in [-0.1, -0.05) is 12.1 Å². The Kier molecular flexibility index (Phi) is 6.52. The molecule has 0 saturated heterocycles. The van der Waals surface area contributed by atoms with E-state index in [2.05, 4.69) is 17.3 Å². The van der Waals surface area contributed by atoms with Gasteiger partial charge in [0, 0.05) is 31.1 Å². The van der Waals surface area contributed by atoms with Crippen molar-refractivity contribution >= 4 is 16.9 Å². The molecule has 0 spiro atoms. The highest BCUT2D eigenvalue weighted by atomic mass is 16.5. The molecule has 6 heteroatoms. The summed E-state index contributed by atoms with van der Waals surface area (Å²) < 4.78 is 7.54. The summed E-state index contributed by atoms with van der Waals surface area (Å²) in [5.41, 5.74) is 6.35. The van der Waals surface area contributed by atoms with E-state index in [1.807, 2.05) is 56.8 Å². The van der Waals surface area contributed by atoms with Crippen molar-refractivity contribution in [2.45, 2.75) is 47.0 Å². The number of amides is 1. The number of rotatable bonds is 8. The van der Waals surface area contributed by atoms with Gasteiger partial charge in [0.2, 0.25) is 5.91 Å². The fourth-order valence-electron chi connectivity index (χ4n) is 3.75. The smallest absolute Gasteiger partial charge is 0.220 e. The standard InChI is InChI=1S/C23H30N4O2/c1-15-8-6-9-19(14-15)29-13-7-12-24-21(28)11-10-20-16(2)22-18(4)26-27(5)23(22)25-17(20)3/h6,8-9,14H,7,10-13H2,1-5H3,(H,24,28). The molecule has 0 aliphatic carbocycles. The fourth-order valence-corrected chi connectivity index (χ4v) is 3.75. The second-order valence-electron chi connectivity index (χ2n) is 7.58. The number of nitrogens with one attached hydrogen (secondary N) is 1. The van der Waals surface area contributed by atoms with Crippen LogP contribution in [-0.2, 0) is 18.3 Å². The average molecular weight is 395 g/mol. The molecule has 0 aliphatic heterocycles. The Labute approximate surface area is 172 Å². The van der Waals surface area contributed by atoms with Crippen LogP contribution < -0.4 is 10.1 Å². The van der Waals surface area contributed by atoms with Gasteiger partial charge >= 0.3 is 0 Å². The third-order valence-electron chi connectivity index (χ3n) is 5.23. The summed E-state index contributed by atoms with van der Waals surface area (Å²) in [4.78, 5) is 17.0. The number of ether oxygens (including phenoxy) is 1. The molecule has 0 unspecified atom stereocenters. The van der Waals surface area contributed by atoms with Crippen LogP contribution in [0.4, 0.5) is 0 Å². The predicted octanol–water partition coefficient (Wildman–Crippen LogP) is 3.72. The van der Waals surface area contributed by atoms with E-state index in [1.54, 1.807) is 0 Å². The van der Waals surface area contributed by atoms with Crippen LogP contribution in [0.2, 0.25) is 0 Å². The molecule has 1 aromatic carbocycles. The Bertz CT molecular complexity index is 1020. The molecule has 3 aromatic rings. The molecular weight excluding hydrogens is 364 g/mol. The highest BCUT2D eigenvalue weighted by Crippen LogP contribution is 2.25. The number of benzene rings is 1. The van der Waals surface area contributed by atoms with Crippen molar-refractivity contribution < 1.29 is 9.53 Å². The molecule has 0 radical (unpaired) electrons. The average Bonchev–Trinajstić information content (AvgIpc) is 2.94. The Hall–Kier alpha value is -2.89. The van der Waals surface area contributed by atoms with Crippen LogP contribution in [0.1, 0.15) is 40.9 Å². The number of hydrogen-bond acceptors (Lipinski definition) is 4. The number of fused-ring (bicyclic) bond motifs is 1. The molecule has 2 aromatic heterocycles. The molecule has 1 N–H and O–H groups in total. The van der Waals surface area contributed by atoms with Crippen LogP contribution in [0.5, 0.6) is 5.75 Å². The van der Waals surface area contributed by atoms with E-state index < -0.39 is 0 Å². The largest absolute Gasteiger partial charge is 0.494 e. The van der Waals surface area contributed by atoms with Crippen molar-refractivity contribution in [3.8, 4) is 5.75 Å². The molecule has 0 bridgehead atoms. The van der Waals surface area contributed by atoms with E-state index >= 15 is 0 Å². The van der Waals surface area contributed by atoms with Crippen LogP contribution in [0.15, 0.2) is 24.3 Å². The van der Waals surface area contributed by atoms with E-state index in [4.69, 9.17) is 9.72 Å². The minimum Gasteiger partial charge on any atom is -0.494 e. The summed E-state index contributed by atoms with van der Waals surface area (Å²) >= 11 is 0. The predicted molar refractivity (Wildman–Crippen MR) is 115 cm³/mol. The minimum absolute atomic E-state index is 0.0577. The molecule has 29 heavy (non-hydrogen) atoms. The summed E-state index contributed by atoms with van der Waals surface area (Å²) in [6.45, 7) is 9.34. The van der Waals surface area contributed by atoms with Crippen molar-refractivity contribution in [1.82, 2.24) is 20.1 Å². The van der Waals surface area contributed by atoms with E-state index in [-0.39, 0.29) is 5.91 Å². The second-order valence-corrected chi connectivity index (χ2v) is 7.58. The first-order chi connectivity index (χ1) is 13.9. The van der Waals surface area contributed by atoms with Gasteiger partial charge in [-0.25, -0.2) is 4.98 Å². The zero-order valence-corrected chi connectivity index (χ0v) is 18.0. The molecular formula is C23H30N4O2. The van der Waals surface area contributed by atoms with Crippen LogP contribution >= 0.6 is 0 Å². The number of carbonyl (C=O) groups excluding carboxylic acids is 1. The highest BCUT2D eigenvalue weighted by molar-refractivity contribution is 5.84. The van der Waals surface area contributed by atoms with Gasteiger partial charge < -0.3 is 10.1 Å². The first-order valence-electron chi connectivity index (χ1n) is 10.1. The maximum Gasteiger partial charge on any atom is 0.220 e. The summed E-state index contributed by atoms with van der Waals surface area (Å²) in [5.74, 6) is 0.929. The van der Waals surface area contributed by atoms with Crippen LogP contribution in [0, 0.1) is 27.7 Å². The quantitative estimate of drug-likeness (QED) is 0.591. The Morgan fingerprint density at radius 1 is 1.17 bits per heavy atom. The van der Waals surface area contributed by atoms with Gasteiger partial charge in [0.05, 0.1) is 12.3 Å². The lowest BCUT2D eigenvalue weighted by Crippen LogP contribution is -2.26. The zero-order chi connectivity index (χ0) is 21.0. The molecule has 0 saturated carbocycles. The zero-order valence-electron chi connectivity index (χ0n) is 18.0. The number of aromatic nitrogens is 3. The third-order valence-corrected chi connectivity index (χ3v) is 5.23. The topological polar surface area (TPSA) is 69.0 Å². The van der Waals surface area contributed by atoms with E-state index in [0.29, 0.717) is 26.0 Å². The maximum atomic E-state index is 12.3. The van der Waals surface area contributed by atoms with Crippen molar-refractivity contribution in [2.24, 2.45) is 7.05 Å². The summed E-state index contributed by atoms with van der Waals surface area (Å²) in [7, 11) is 1.91. The van der Waals surface area contributed by atoms with Gasteiger partial charge in [-0.05, 0) is 69.4 Å². The summed E-state index contributed by atoms with van der Waals surface area (Å²) in [6.07, 6.45) is 1.91. The van der Waals surface area contributed by atoms with Gasteiger partial charge in [0.25, 0.3) is 0 Å². The van der Waals surface area contributed by atoms with Gasteiger partial charge in [-0.2, -0.15) is 5.10 Å². The Morgan fingerprint density at radius 3 is 2.72 bits per heavy atom. The molecule has 3 rings (SSSR count). The molecule has 0 fully saturated rings. The number of hydrogen-bond donors (Lipinski definition) is 1. The van der Waals surface area contributed by atoms with Gasteiger partial charge in [0.15, 0.2) is 5.65 Å². The molecule has 2 heterocycles. The monoisotopic (exact) mass is 394 g/mol. The number of carbonyl (C=O) groups is 1. The normalized spacial score (nSPS) is 11.1. The highest BCUT2D eigenvalue weighted by Gasteiger charge is 2.16. The van der Waals surface area contributed by atoms with Gasteiger partial charge in [-0.15, -0.1) is 0 Å². The van der Waals surface area contributed by atoms with Crippen molar-refractivity contribution in [3.63, 3.8) is 0 Å². The number of pyridine rings is 1. The number of nitrogens with zero attached hydrogens (tertiary/aromatic N) is 3. The van der Waals surface area contributed by atoms with E-state index in [0.717, 1.165) is 40.2 Å². The minimum atomic E-state index is 0.0577. The van der Waals surface area contributed by atoms with E-state index in [1.165, 1.54) is 11.1 Å². The molecule has 6 nitrogen and oxygen atoms in total. The van der Waals surface area contributed by atoms with Gasteiger partial charge in [0.1, 0.15) is 5.75 Å². The Balaban J connectivity index is 1.47. The lowest BCUT2D eigenvalue weighted by molar-refractivity contribution is -0.121. The first kappa shape index (κ1) is 20.8. The van der Waals surface area contributed by atoms with Crippen LogP contribution in [-0.4, -0.2) is 33.8 Å². The summed E-state index contributed by atoms with van der Waals surface area (Å²) in [5, 5.41) is 8.56. The lowest BCUT2D eigenvalue weighted by atomic mass is 9.99. The molecule has 1 amide bonds. The number of aryl methyl sites for hydroxylation is 5. The summed E-state index contributed by atoms with van der Waals surface area (Å²) in [6, 6.07) is 7.98. The second kappa shape index (κ2) is 9.07. The van der Waals surface area contributed by atoms with Gasteiger partial charge in [-0.3, -0.25) is 9.48 Å². The van der Waals surface area contributed by atoms with Crippen molar-refractivity contribution in [3.05, 3.63) is 52.3 Å². The van der Waals surface area contributed by atoms with Crippen LogP contribution in [0.25, 0.3) is 11.0 Å². The molecule has 0 atom stereocenters. The Morgan fingerprint density at radius 2 is 1.97 bits per heavy atom. The first-order valence-corrected chi connectivity index (χ1v) is 10.1. The van der Waals surface area contributed by atoms with E-state index in [9.17, 15) is 4.79 Å². The van der Waals surface area contributed by atoms with Crippen LogP contribution in [0.3, 0.4) is 0 Å². The van der Waals surface area contributed by atoms with Crippen molar-refractivity contribution in [2.75, 3.05) is 13.2 Å². The van der Waals surface area contributed by atoms with Crippen molar-refractivity contribution in [1.29, 1.82) is 0 Å². The lowest BCUT2D eigenvalue weighted by Gasteiger charge is -2.11. The molecule has 154 valence electrons. The fraction of sp³-hybridized carbons (Fsp3) is 0.435. The SMILES string of the molecule is Cc1cccc(OCCCNC(=O)CCc2c(C)nc3c(c(C)nn3C)c2C)c1. The molecule has 0 aliphatic rings.